The molecule has 0 aromatic carbocycles. The first-order chi connectivity index (χ1) is 9.66. The zero-order chi connectivity index (χ0) is 14.1. The maximum absolute atomic E-state index is 12.2. The summed E-state index contributed by atoms with van der Waals surface area (Å²) in [6.45, 7) is 0.281. The lowest BCUT2D eigenvalue weighted by molar-refractivity contribution is -0.146. The summed E-state index contributed by atoms with van der Waals surface area (Å²) in [6.07, 6.45) is 4.18. The maximum Gasteiger partial charge on any atom is 0.310 e. The zero-order valence-corrected chi connectivity index (χ0v) is 10.6. The van der Waals surface area contributed by atoms with Crippen molar-refractivity contribution in [3.05, 3.63) is 42.2 Å². The summed E-state index contributed by atoms with van der Waals surface area (Å²) >= 11 is 0. The number of aliphatic carboxylic acids is 1. The van der Waals surface area contributed by atoms with E-state index in [0.29, 0.717) is 0 Å². The number of amides is 1. The molecule has 2 aliphatic heterocycles. The van der Waals surface area contributed by atoms with Gasteiger partial charge in [0.15, 0.2) is 0 Å². The van der Waals surface area contributed by atoms with Gasteiger partial charge in [-0.15, -0.1) is 0 Å². The Hall–Kier alpha value is -2.21. The van der Waals surface area contributed by atoms with E-state index in [9.17, 15) is 14.7 Å². The second-order valence-electron chi connectivity index (χ2n) is 4.88. The van der Waals surface area contributed by atoms with Crippen LogP contribution in [0, 0.1) is 11.8 Å². The van der Waals surface area contributed by atoms with Crippen molar-refractivity contribution >= 4 is 11.9 Å². The van der Waals surface area contributed by atoms with Gasteiger partial charge in [-0.2, -0.15) is 0 Å². The number of fused-ring (bicyclic) bond motifs is 2. The van der Waals surface area contributed by atoms with Crippen LogP contribution in [-0.4, -0.2) is 34.2 Å². The van der Waals surface area contributed by atoms with E-state index in [4.69, 9.17) is 4.74 Å². The second kappa shape index (κ2) is 5.05. The Morgan fingerprint density at radius 1 is 1.25 bits per heavy atom. The first kappa shape index (κ1) is 12.8. The monoisotopic (exact) mass is 274 g/mol. The van der Waals surface area contributed by atoms with Crippen LogP contribution in [0.25, 0.3) is 0 Å². The van der Waals surface area contributed by atoms with Crippen LogP contribution in [0.15, 0.2) is 36.5 Å². The molecule has 1 aromatic rings. The highest BCUT2D eigenvalue weighted by Crippen LogP contribution is 2.39. The van der Waals surface area contributed by atoms with E-state index < -0.39 is 30.0 Å². The Morgan fingerprint density at radius 2 is 2.00 bits per heavy atom. The molecule has 4 atom stereocenters. The van der Waals surface area contributed by atoms with E-state index in [2.05, 4.69) is 10.3 Å². The molecule has 0 unspecified atom stereocenters. The highest BCUT2D eigenvalue weighted by atomic mass is 16.5. The smallest absolute Gasteiger partial charge is 0.310 e. The third kappa shape index (κ3) is 2.18. The zero-order valence-electron chi connectivity index (χ0n) is 10.6. The number of nitrogens with zero attached hydrogens (tertiary/aromatic N) is 1. The third-order valence-electron chi connectivity index (χ3n) is 3.66. The van der Waals surface area contributed by atoms with E-state index in [1.807, 2.05) is 6.07 Å². The lowest BCUT2D eigenvalue weighted by Crippen LogP contribution is -2.42. The summed E-state index contributed by atoms with van der Waals surface area (Å²) in [5.74, 6) is -2.79. The molecule has 0 saturated carbocycles. The molecular formula is C14H14N2O4. The van der Waals surface area contributed by atoms with Gasteiger partial charge in [0.2, 0.25) is 5.91 Å². The number of hydrogen-bond acceptors (Lipinski definition) is 4. The molecule has 3 rings (SSSR count). The predicted molar refractivity (Wildman–Crippen MR) is 68.5 cm³/mol. The summed E-state index contributed by atoms with van der Waals surface area (Å²) < 4.78 is 5.46. The summed E-state index contributed by atoms with van der Waals surface area (Å²) in [7, 11) is 0. The molecule has 6 heteroatoms. The second-order valence-corrected chi connectivity index (χ2v) is 4.88. The standard InChI is InChI=1S/C14H14N2O4/c17-13(16-7-8-3-1-2-6-15-8)11-9-4-5-10(20-9)12(11)14(18)19/h1-6,9-12H,7H2,(H,16,17)(H,18,19)/t9-,10+,11+,12-/m1/s1. The first-order valence-corrected chi connectivity index (χ1v) is 6.41. The van der Waals surface area contributed by atoms with Crippen molar-refractivity contribution in [3.8, 4) is 0 Å². The maximum atomic E-state index is 12.2. The van der Waals surface area contributed by atoms with Crippen LogP contribution in [-0.2, 0) is 20.9 Å². The van der Waals surface area contributed by atoms with Crippen LogP contribution in [0.3, 0.4) is 0 Å². The van der Waals surface area contributed by atoms with Crippen molar-refractivity contribution in [2.75, 3.05) is 0 Å². The summed E-state index contributed by atoms with van der Waals surface area (Å²) in [6, 6.07) is 5.42. The minimum absolute atomic E-state index is 0.281. The fraction of sp³-hybridized carbons (Fsp3) is 0.357. The van der Waals surface area contributed by atoms with Gasteiger partial charge in [-0.1, -0.05) is 18.2 Å². The lowest BCUT2D eigenvalue weighted by Gasteiger charge is -2.20. The Morgan fingerprint density at radius 3 is 2.65 bits per heavy atom. The van der Waals surface area contributed by atoms with Crippen molar-refractivity contribution in [1.82, 2.24) is 10.3 Å². The molecule has 104 valence electrons. The summed E-state index contributed by atoms with van der Waals surface area (Å²) in [4.78, 5) is 27.6. The van der Waals surface area contributed by atoms with Crippen LogP contribution in [0.5, 0.6) is 0 Å². The quantitative estimate of drug-likeness (QED) is 0.773. The average molecular weight is 274 g/mol. The van der Waals surface area contributed by atoms with Gasteiger partial charge in [0.05, 0.1) is 30.4 Å². The van der Waals surface area contributed by atoms with Crippen molar-refractivity contribution in [2.45, 2.75) is 18.8 Å². The number of carboxylic acids is 1. The van der Waals surface area contributed by atoms with Crippen LogP contribution in [0.1, 0.15) is 5.69 Å². The molecule has 1 amide bonds. The van der Waals surface area contributed by atoms with E-state index in [1.165, 1.54) is 0 Å². The summed E-state index contributed by atoms with van der Waals surface area (Å²) in [5, 5.41) is 12.0. The van der Waals surface area contributed by atoms with E-state index >= 15 is 0 Å². The van der Waals surface area contributed by atoms with Gasteiger partial charge in [-0.3, -0.25) is 14.6 Å². The number of hydrogen-bond donors (Lipinski definition) is 2. The number of carbonyl (C=O) groups excluding carboxylic acids is 1. The van der Waals surface area contributed by atoms with Gasteiger partial charge in [-0.25, -0.2) is 0 Å². The third-order valence-corrected chi connectivity index (χ3v) is 3.66. The number of rotatable bonds is 4. The largest absolute Gasteiger partial charge is 0.481 e. The van der Waals surface area contributed by atoms with Gasteiger partial charge in [0.25, 0.3) is 0 Å². The predicted octanol–water partition coefficient (Wildman–Crippen LogP) is 0.352. The molecule has 1 aromatic heterocycles. The molecule has 0 aliphatic carbocycles. The number of carboxylic acid groups (broad SMARTS) is 1. The van der Waals surface area contributed by atoms with Gasteiger partial charge >= 0.3 is 5.97 Å². The van der Waals surface area contributed by atoms with Crippen molar-refractivity contribution in [3.63, 3.8) is 0 Å². The van der Waals surface area contributed by atoms with E-state index in [1.54, 1.807) is 30.5 Å². The minimum atomic E-state index is -1.00. The Bertz CT molecular complexity index is 558. The van der Waals surface area contributed by atoms with Crippen molar-refractivity contribution in [2.24, 2.45) is 11.8 Å². The highest BCUT2D eigenvalue weighted by molar-refractivity contribution is 5.87. The first-order valence-electron chi connectivity index (χ1n) is 6.41. The van der Waals surface area contributed by atoms with E-state index in [0.717, 1.165) is 5.69 Å². The molecule has 0 radical (unpaired) electrons. The average Bonchev–Trinajstić information content (AvgIpc) is 3.06. The van der Waals surface area contributed by atoms with Gasteiger partial charge in [0, 0.05) is 6.20 Å². The minimum Gasteiger partial charge on any atom is -0.481 e. The van der Waals surface area contributed by atoms with Crippen molar-refractivity contribution < 1.29 is 19.4 Å². The fourth-order valence-electron chi connectivity index (χ4n) is 2.71. The SMILES string of the molecule is O=C(NCc1ccccn1)[C@@H]1[C@H](C(=O)O)[C@@H]2C=C[C@H]1O2. The molecule has 2 N–H and O–H groups in total. The van der Waals surface area contributed by atoms with Gasteiger partial charge in [0.1, 0.15) is 5.92 Å². The van der Waals surface area contributed by atoms with Crippen LogP contribution < -0.4 is 5.32 Å². The molecule has 6 nitrogen and oxygen atoms in total. The number of pyridine rings is 1. The van der Waals surface area contributed by atoms with E-state index in [-0.39, 0.29) is 12.5 Å². The number of carbonyl (C=O) groups is 2. The molecule has 2 aliphatic rings. The number of ether oxygens (including phenoxy) is 1. The van der Waals surface area contributed by atoms with Crippen LogP contribution in [0.4, 0.5) is 0 Å². The molecule has 2 bridgehead atoms. The Kier molecular flexibility index (Phi) is 3.23. The number of nitrogens with one attached hydrogen (secondary N) is 1. The molecule has 0 spiro atoms. The normalized spacial score (nSPS) is 30.4. The topological polar surface area (TPSA) is 88.5 Å². The number of aromatic nitrogens is 1. The molecule has 1 saturated heterocycles. The Balaban J connectivity index is 1.68. The Labute approximate surface area is 115 Å². The van der Waals surface area contributed by atoms with Crippen molar-refractivity contribution in [1.29, 1.82) is 0 Å². The molecule has 20 heavy (non-hydrogen) atoms. The molecular weight excluding hydrogens is 260 g/mol. The van der Waals surface area contributed by atoms with Crippen LogP contribution >= 0.6 is 0 Å². The van der Waals surface area contributed by atoms with Gasteiger partial charge in [-0.05, 0) is 12.1 Å². The molecule has 1 fully saturated rings. The summed E-state index contributed by atoms with van der Waals surface area (Å²) in [5.41, 5.74) is 0.729. The molecule has 3 heterocycles. The lowest BCUT2D eigenvalue weighted by atomic mass is 9.82. The van der Waals surface area contributed by atoms with Crippen LogP contribution in [0.2, 0.25) is 0 Å². The highest BCUT2D eigenvalue weighted by Gasteiger charge is 2.53. The van der Waals surface area contributed by atoms with Gasteiger partial charge < -0.3 is 15.2 Å². The fourth-order valence-corrected chi connectivity index (χ4v) is 2.71.